The molecular weight excluding hydrogens is 244 g/mol. The van der Waals surface area contributed by atoms with Crippen LogP contribution in [0.15, 0.2) is 36.5 Å². The highest BCUT2D eigenvalue weighted by Crippen LogP contribution is 2.11. The first-order chi connectivity index (χ1) is 9.17. The molecule has 0 unspecified atom stereocenters. The molecule has 0 saturated carbocycles. The van der Waals surface area contributed by atoms with E-state index in [1.807, 2.05) is 24.3 Å². The summed E-state index contributed by atoms with van der Waals surface area (Å²) in [5.74, 6) is 0.243. The Morgan fingerprint density at radius 1 is 1.47 bits per heavy atom. The van der Waals surface area contributed by atoms with Gasteiger partial charge in [-0.25, -0.2) is 0 Å². The van der Waals surface area contributed by atoms with E-state index in [1.165, 1.54) is 4.68 Å². The first-order valence-electron chi connectivity index (χ1n) is 5.84. The number of benzene rings is 1. The standard InChI is InChI=1S/C13H16N4O2/c1-19-9-10-3-2-4-11(7-10)15-13(18)8-17-6-5-12(14)16-17/h2-7H,8-9H2,1H3,(H2,14,16)(H,15,18). The normalized spacial score (nSPS) is 10.4. The fourth-order valence-electron chi connectivity index (χ4n) is 1.72. The topological polar surface area (TPSA) is 82.2 Å². The van der Waals surface area contributed by atoms with Crippen LogP contribution in [0.1, 0.15) is 5.56 Å². The van der Waals surface area contributed by atoms with Crippen LogP contribution in [0.2, 0.25) is 0 Å². The number of nitrogens with two attached hydrogens (primary N) is 1. The van der Waals surface area contributed by atoms with Gasteiger partial charge in [0.2, 0.25) is 5.91 Å². The molecule has 2 rings (SSSR count). The van der Waals surface area contributed by atoms with Crippen molar-refractivity contribution in [3.63, 3.8) is 0 Å². The van der Waals surface area contributed by atoms with Gasteiger partial charge >= 0.3 is 0 Å². The lowest BCUT2D eigenvalue weighted by Crippen LogP contribution is -2.19. The molecule has 0 fully saturated rings. The molecule has 100 valence electrons. The Balaban J connectivity index is 1.96. The number of amides is 1. The first-order valence-corrected chi connectivity index (χ1v) is 5.84. The summed E-state index contributed by atoms with van der Waals surface area (Å²) < 4.78 is 6.54. The monoisotopic (exact) mass is 260 g/mol. The number of aromatic nitrogens is 2. The molecule has 1 aromatic carbocycles. The fraction of sp³-hybridized carbons (Fsp3) is 0.231. The zero-order valence-electron chi connectivity index (χ0n) is 10.7. The van der Waals surface area contributed by atoms with Gasteiger partial charge in [-0.05, 0) is 23.8 Å². The summed E-state index contributed by atoms with van der Waals surface area (Å²) in [6, 6.07) is 9.16. The number of carbonyl (C=O) groups excluding carboxylic acids is 1. The third-order valence-corrected chi connectivity index (χ3v) is 2.49. The maximum absolute atomic E-state index is 11.8. The van der Waals surface area contributed by atoms with Gasteiger partial charge in [-0.2, -0.15) is 5.10 Å². The maximum atomic E-state index is 11.8. The van der Waals surface area contributed by atoms with Crippen molar-refractivity contribution in [1.82, 2.24) is 9.78 Å². The number of hydrogen-bond acceptors (Lipinski definition) is 4. The third-order valence-electron chi connectivity index (χ3n) is 2.49. The molecule has 6 heteroatoms. The number of carbonyl (C=O) groups is 1. The van der Waals surface area contributed by atoms with E-state index in [0.29, 0.717) is 12.4 Å². The number of hydrogen-bond donors (Lipinski definition) is 2. The van der Waals surface area contributed by atoms with Gasteiger partial charge in [0.25, 0.3) is 0 Å². The molecule has 19 heavy (non-hydrogen) atoms. The SMILES string of the molecule is COCc1cccc(NC(=O)Cn2ccc(N)n2)c1. The van der Waals surface area contributed by atoms with E-state index in [-0.39, 0.29) is 12.5 Å². The molecule has 0 atom stereocenters. The van der Waals surface area contributed by atoms with Crippen molar-refractivity contribution in [2.24, 2.45) is 0 Å². The highest BCUT2D eigenvalue weighted by molar-refractivity contribution is 5.90. The van der Waals surface area contributed by atoms with Crippen LogP contribution < -0.4 is 11.1 Å². The minimum atomic E-state index is -0.155. The summed E-state index contributed by atoms with van der Waals surface area (Å²) in [6.07, 6.45) is 1.66. The lowest BCUT2D eigenvalue weighted by atomic mass is 10.2. The van der Waals surface area contributed by atoms with Gasteiger partial charge in [0, 0.05) is 19.0 Å². The second kappa shape index (κ2) is 6.01. The van der Waals surface area contributed by atoms with Gasteiger partial charge in [-0.3, -0.25) is 9.48 Å². The average Bonchev–Trinajstić information content (AvgIpc) is 2.75. The van der Waals surface area contributed by atoms with Crippen LogP contribution in [0.3, 0.4) is 0 Å². The molecule has 0 spiro atoms. The molecule has 1 amide bonds. The number of nitrogen functional groups attached to an aromatic ring is 1. The quantitative estimate of drug-likeness (QED) is 0.847. The summed E-state index contributed by atoms with van der Waals surface area (Å²) in [5.41, 5.74) is 7.22. The van der Waals surface area contributed by atoms with Gasteiger partial charge < -0.3 is 15.8 Å². The zero-order chi connectivity index (χ0) is 13.7. The van der Waals surface area contributed by atoms with E-state index in [1.54, 1.807) is 19.4 Å². The van der Waals surface area contributed by atoms with E-state index in [4.69, 9.17) is 10.5 Å². The van der Waals surface area contributed by atoms with Gasteiger partial charge in [0.05, 0.1) is 6.61 Å². The molecule has 0 radical (unpaired) electrons. The minimum Gasteiger partial charge on any atom is -0.382 e. The van der Waals surface area contributed by atoms with Crippen molar-refractivity contribution in [3.8, 4) is 0 Å². The molecule has 0 aliphatic heterocycles. The van der Waals surface area contributed by atoms with Crippen LogP contribution in [-0.2, 0) is 22.7 Å². The van der Waals surface area contributed by atoms with Crippen LogP contribution in [0.25, 0.3) is 0 Å². The summed E-state index contributed by atoms with van der Waals surface area (Å²) >= 11 is 0. The van der Waals surface area contributed by atoms with Crippen molar-refractivity contribution in [3.05, 3.63) is 42.1 Å². The third kappa shape index (κ3) is 3.82. The molecule has 0 saturated heterocycles. The van der Waals surface area contributed by atoms with Crippen LogP contribution in [0.4, 0.5) is 11.5 Å². The highest BCUT2D eigenvalue weighted by Gasteiger charge is 2.05. The summed E-state index contributed by atoms with van der Waals surface area (Å²) in [5, 5.41) is 6.76. The second-order valence-electron chi connectivity index (χ2n) is 4.12. The molecule has 2 aromatic rings. The Kier molecular flexibility index (Phi) is 4.15. The van der Waals surface area contributed by atoms with Crippen LogP contribution in [-0.4, -0.2) is 22.8 Å². The molecule has 1 heterocycles. The smallest absolute Gasteiger partial charge is 0.246 e. The molecule has 1 aromatic heterocycles. The Morgan fingerprint density at radius 2 is 2.32 bits per heavy atom. The largest absolute Gasteiger partial charge is 0.382 e. The number of methoxy groups -OCH3 is 1. The van der Waals surface area contributed by atoms with Gasteiger partial charge in [0.15, 0.2) is 0 Å². The second-order valence-corrected chi connectivity index (χ2v) is 4.12. The van der Waals surface area contributed by atoms with E-state index < -0.39 is 0 Å². The fourth-order valence-corrected chi connectivity index (χ4v) is 1.72. The van der Waals surface area contributed by atoms with Crippen molar-refractivity contribution in [2.75, 3.05) is 18.2 Å². The molecule has 3 N–H and O–H groups in total. The van der Waals surface area contributed by atoms with E-state index >= 15 is 0 Å². The first kappa shape index (κ1) is 13.1. The molecule has 0 bridgehead atoms. The number of ether oxygens (including phenoxy) is 1. The predicted molar refractivity (Wildman–Crippen MR) is 72.4 cm³/mol. The number of nitrogens with one attached hydrogen (secondary N) is 1. The van der Waals surface area contributed by atoms with Crippen molar-refractivity contribution < 1.29 is 9.53 Å². The summed E-state index contributed by atoms with van der Waals surface area (Å²) in [6.45, 7) is 0.644. The Hall–Kier alpha value is -2.34. The molecule has 0 aliphatic carbocycles. The zero-order valence-corrected chi connectivity index (χ0v) is 10.7. The highest BCUT2D eigenvalue weighted by atomic mass is 16.5. The van der Waals surface area contributed by atoms with Gasteiger partial charge in [-0.1, -0.05) is 12.1 Å². The van der Waals surface area contributed by atoms with E-state index in [0.717, 1.165) is 11.3 Å². The summed E-state index contributed by atoms with van der Waals surface area (Å²) in [7, 11) is 1.63. The predicted octanol–water partition coefficient (Wildman–Crippen LogP) is 1.25. The number of nitrogens with zero attached hydrogens (tertiary/aromatic N) is 2. The van der Waals surface area contributed by atoms with Crippen LogP contribution in [0.5, 0.6) is 0 Å². The lowest BCUT2D eigenvalue weighted by Gasteiger charge is -2.07. The number of rotatable bonds is 5. The molecule has 0 aliphatic rings. The lowest BCUT2D eigenvalue weighted by molar-refractivity contribution is -0.116. The van der Waals surface area contributed by atoms with E-state index in [2.05, 4.69) is 10.4 Å². The Bertz CT molecular complexity index is 565. The van der Waals surface area contributed by atoms with E-state index in [9.17, 15) is 4.79 Å². The average molecular weight is 260 g/mol. The van der Waals surface area contributed by atoms with Crippen molar-refractivity contribution in [1.29, 1.82) is 0 Å². The van der Waals surface area contributed by atoms with Crippen LogP contribution >= 0.6 is 0 Å². The van der Waals surface area contributed by atoms with Crippen LogP contribution in [0, 0.1) is 0 Å². The maximum Gasteiger partial charge on any atom is 0.246 e. The van der Waals surface area contributed by atoms with Gasteiger partial charge in [0.1, 0.15) is 12.4 Å². The molecule has 6 nitrogen and oxygen atoms in total. The minimum absolute atomic E-state index is 0.131. The molecular formula is C13H16N4O2. The van der Waals surface area contributed by atoms with Gasteiger partial charge in [-0.15, -0.1) is 0 Å². The Labute approximate surface area is 111 Å². The summed E-state index contributed by atoms with van der Waals surface area (Å²) in [4.78, 5) is 11.8. The van der Waals surface area contributed by atoms with Crippen molar-refractivity contribution in [2.45, 2.75) is 13.2 Å². The number of anilines is 2. The Morgan fingerprint density at radius 3 is 3.00 bits per heavy atom. The van der Waals surface area contributed by atoms with Crippen molar-refractivity contribution >= 4 is 17.4 Å².